The molecule has 1 aliphatic heterocycles. The number of nitrogens with zero attached hydrogens (tertiary/aromatic N) is 1. The van der Waals surface area contributed by atoms with E-state index in [-0.39, 0.29) is 12.1 Å². The van der Waals surface area contributed by atoms with Crippen molar-refractivity contribution < 1.29 is 9.47 Å². The number of hydrogen-bond donors (Lipinski definition) is 1. The van der Waals surface area contributed by atoms with Gasteiger partial charge in [0.25, 0.3) is 0 Å². The Morgan fingerprint density at radius 1 is 1.32 bits per heavy atom. The standard InChI is InChI=1S/C15H24N2O2/c1-3-17-9-10-19-14(11-16)15(17)12-5-7-13(8-6-12)18-4-2/h5-8,14-15H,3-4,9-11,16H2,1-2H3. The first-order chi connectivity index (χ1) is 9.30. The molecule has 106 valence electrons. The van der Waals surface area contributed by atoms with Crippen molar-refractivity contribution in [3.05, 3.63) is 29.8 Å². The van der Waals surface area contributed by atoms with Crippen molar-refractivity contribution >= 4 is 0 Å². The van der Waals surface area contributed by atoms with Crippen molar-refractivity contribution in [2.45, 2.75) is 26.0 Å². The topological polar surface area (TPSA) is 47.7 Å². The zero-order valence-electron chi connectivity index (χ0n) is 11.8. The van der Waals surface area contributed by atoms with Crippen LogP contribution >= 0.6 is 0 Å². The van der Waals surface area contributed by atoms with Crippen molar-refractivity contribution in [2.75, 3.05) is 32.8 Å². The Labute approximate surface area is 115 Å². The second-order valence-electron chi connectivity index (χ2n) is 4.72. The third kappa shape index (κ3) is 3.26. The first-order valence-corrected chi connectivity index (χ1v) is 7.08. The lowest BCUT2D eigenvalue weighted by Crippen LogP contribution is -2.48. The lowest BCUT2D eigenvalue weighted by molar-refractivity contribution is -0.0658. The molecule has 0 saturated carbocycles. The van der Waals surface area contributed by atoms with Crippen LogP contribution in [0.4, 0.5) is 0 Å². The summed E-state index contributed by atoms with van der Waals surface area (Å²) in [5.74, 6) is 0.912. The lowest BCUT2D eigenvalue weighted by atomic mass is 9.98. The third-order valence-corrected chi connectivity index (χ3v) is 3.63. The van der Waals surface area contributed by atoms with Crippen LogP contribution in [0.25, 0.3) is 0 Å². The summed E-state index contributed by atoms with van der Waals surface area (Å²) in [5, 5.41) is 0. The van der Waals surface area contributed by atoms with Crippen molar-refractivity contribution in [1.29, 1.82) is 0 Å². The van der Waals surface area contributed by atoms with Crippen LogP contribution in [0, 0.1) is 0 Å². The molecule has 4 nitrogen and oxygen atoms in total. The van der Waals surface area contributed by atoms with Gasteiger partial charge in [-0.3, -0.25) is 4.90 Å². The maximum absolute atomic E-state index is 5.85. The molecular formula is C15H24N2O2. The Morgan fingerprint density at radius 2 is 2.05 bits per heavy atom. The predicted molar refractivity (Wildman–Crippen MR) is 76.4 cm³/mol. The Hall–Kier alpha value is -1.10. The van der Waals surface area contributed by atoms with Crippen LogP contribution in [0.5, 0.6) is 5.75 Å². The highest BCUT2D eigenvalue weighted by Crippen LogP contribution is 2.30. The average molecular weight is 264 g/mol. The minimum absolute atomic E-state index is 0.0756. The fraction of sp³-hybridized carbons (Fsp3) is 0.600. The van der Waals surface area contributed by atoms with Gasteiger partial charge in [-0.1, -0.05) is 19.1 Å². The predicted octanol–water partition coefficient (Wildman–Crippen LogP) is 1.81. The molecular weight excluding hydrogens is 240 g/mol. The van der Waals surface area contributed by atoms with E-state index in [1.54, 1.807) is 0 Å². The summed E-state index contributed by atoms with van der Waals surface area (Å²) < 4.78 is 11.3. The highest BCUT2D eigenvalue weighted by molar-refractivity contribution is 5.30. The minimum atomic E-state index is 0.0756. The largest absolute Gasteiger partial charge is 0.494 e. The van der Waals surface area contributed by atoms with Gasteiger partial charge in [-0.15, -0.1) is 0 Å². The van der Waals surface area contributed by atoms with Gasteiger partial charge in [0.2, 0.25) is 0 Å². The van der Waals surface area contributed by atoms with Crippen LogP contribution in [0.1, 0.15) is 25.5 Å². The lowest BCUT2D eigenvalue weighted by Gasteiger charge is -2.40. The SMILES string of the molecule is CCOc1ccc(C2C(CN)OCCN2CC)cc1. The van der Waals surface area contributed by atoms with Crippen LogP contribution in [0.3, 0.4) is 0 Å². The molecule has 2 rings (SSSR count). The fourth-order valence-corrected chi connectivity index (χ4v) is 2.69. The molecule has 1 heterocycles. The third-order valence-electron chi connectivity index (χ3n) is 3.63. The normalized spacial score (nSPS) is 24.4. The summed E-state index contributed by atoms with van der Waals surface area (Å²) in [6.45, 7) is 8.16. The van der Waals surface area contributed by atoms with Crippen LogP contribution < -0.4 is 10.5 Å². The molecule has 0 radical (unpaired) electrons. The summed E-state index contributed by atoms with van der Waals surface area (Å²) >= 11 is 0. The fourth-order valence-electron chi connectivity index (χ4n) is 2.69. The molecule has 1 saturated heterocycles. The number of morpholine rings is 1. The first kappa shape index (κ1) is 14.3. The molecule has 1 aromatic carbocycles. The Bertz CT molecular complexity index is 368. The molecule has 19 heavy (non-hydrogen) atoms. The Morgan fingerprint density at radius 3 is 2.63 bits per heavy atom. The molecule has 4 heteroatoms. The molecule has 2 unspecified atom stereocenters. The van der Waals surface area contributed by atoms with Crippen molar-refractivity contribution in [2.24, 2.45) is 5.73 Å². The van der Waals surface area contributed by atoms with E-state index in [1.807, 2.05) is 19.1 Å². The number of rotatable bonds is 5. The summed E-state index contributed by atoms with van der Waals surface area (Å²) in [4.78, 5) is 2.43. The van der Waals surface area contributed by atoms with E-state index in [9.17, 15) is 0 Å². The zero-order chi connectivity index (χ0) is 13.7. The highest BCUT2D eigenvalue weighted by atomic mass is 16.5. The number of ether oxygens (including phenoxy) is 2. The number of likely N-dealkylation sites (N-methyl/N-ethyl adjacent to an activating group) is 1. The number of nitrogens with two attached hydrogens (primary N) is 1. The van der Waals surface area contributed by atoms with Gasteiger partial charge in [0.1, 0.15) is 5.75 Å². The van der Waals surface area contributed by atoms with E-state index in [0.717, 1.165) is 25.4 Å². The van der Waals surface area contributed by atoms with Gasteiger partial charge >= 0.3 is 0 Å². The molecule has 2 atom stereocenters. The molecule has 0 bridgehead atoms. The average Bonchev–Trinajstić information content (AvgIpc) is 2.47. The summed E-state index contributed by atoms with van der Waals surface area (Å²) in [7, 11) is 0. The smallest absolute Gasteiger partial charge is 0.119 e. The quantitative estimate of drug-likeness (QED) is 0.881. The van der Waals surface area contributed by atoms with Gasteiger partial charge in [0.05, 0.1) is 25.4 Å². The molecule has 0 spiro atoms. The number of hydrogen-bond acceptors (Lipinski definition) is 4. The molecule has 0 amide bonds. The van der Waals surface area contributed by atoms with Gasteiger partial charge in [-0.2, -0.15) is 0 Å². The maximum atomic E-state index is 5.85. The molecule has 2 N–H and O–H groups in total. The number of benzene rings is 1. The van der Waals surface area contributed by atoms with E-state index in [0.29, 0.717) is 13.2 Å². The van der Waals surface area contributed by atoms with Crippen LogP contribution in [-0.4, -0.2) is 43.9 Å². The Kier molecular flexibility index (Phi) is 5.19. The highest BCUT2D eigenvalue weighted by Gasteiger charge is 2.31. The Balaban J connectivity index is 2.19. The molecule has 1 fully saturated rings. The van der Waals surface area contributed by atoms with E-state index in [4.69, 9.17) is 15.2 Å². The van der Waals surface area contributed by atoms with Crippen molar-refractivity contribution in [3.8, 4) is 5.75 Å². The molecule has 1 aliphatic rings. The van der Waals surface area contributed by atoms with Gasteiger partial charge in [0, 0.05) is 13.1 Å². The summed E-state index contributed by atoms with van der Waals surface area (Å²) in [5.41, 5.74) is 7.10. The van der Waals surface area contributed by atoms with E-state index in [1.165, 1.54) is 5.56 Å². The van der Waals surface area contributed by atoms with Crippen LogP contribution in [-0.2, 0) is 4.74 Å². The van der Waals surface area contributed by atoms with E-state index >= 15 is 0 Å². The monoisotopic (exact) mass is 264 g/mol. The maximum Gasteiger partial charge on any atom is 0.119 e. The van der Waals surface area contributed by atoms with E-state index in [2.05, 4.69) is 24.0 Å². The van der Waals surface area contributed by atoms with E-state index < -0.39 is 0 Å². The second kappa shape index (κ2) is 6.89. The molecule has 0 aromatic heterocycles. The van der Waals surface area contributed by atoms with Gasteiger partial charge < -0.3 is 15.2 Å². The zero-order valence-corrected chi connectivity index (χ0v) is 11.8. The van der Waals surface area contributed by atoms with Gasteiger partial charge in [-0.25, -0.2) is 0 Å². The summed E-state index contributed by atoms with van der Waals surface area (Å²) in [6, 6.07) is 8.54. The van der Waals surface area contributed by atoms with Gasteiger partial charge in [-0.05, 0) is 31.2 Å². The minimum Gasteiger partial charge on any atom is -0.494 e. The second-order valence-corrected chi connectivity index (χ2v) is 4.72. The first-order valence-electron chi connectivity index (χ1n) is 7.08. The van der Waals surface area contributed by atoms with Crippen LogP contribution in [0.15, 0.2) is 24.3 Å². The summed E-state index contributed by atoms with van der Waals surface area (Å²) in [6.07, 6.45) is 0.0756. The molecule has 0 aliphatic carbocycles. The van der Waals surface area contributed by atoms with Crippen LogP contribution in [0.2, 0.25) is 0 Å². The van der Waals surface area contributed by atoms with Crippen molar-refractivity contribution in [1.82, 2.24) is 4.90 Å². The molecule has 1 aromatic rings. The van der Waals surface area contributed by atoms with Gasteiger partial charge in [0.15, 0.2) is 0 Å². The van der Waals surface area contributed by atoms with Crippen molar-refractivity contribution in [3.63, 3.8) is 0 Å².